The normalized spacial score (nSPS) is 18.3. The first-order valence-corrected chi connectivity index (χ1v) is 5.06. The van der Waals surface area contributed by atoms with Gasteiger partial charge in [0.1, 0.15) is 5.76 Å². The number of benzene rings is 1. The van der Waals surface area contributed by atoms with Gasteiger partial charge in [-0.15, -0.1) is 0 Å². The second kappa shape index (κ2) is 3.09. The zero-order valence-electron chi connectivity index (χ0n) is 8.19. The topological polar surface area (TPSA) is 26.3 Å². The Bertz CT molecular complexity index is 579. The second-order valence-corrected chi connectivity index (χ2v) is 3.73. The highest BCUT2D eigenvalue weighted by Crippen LogP contribution is 2.23. The van der Waals surface area contributed by atoms with Crippen LogP contribution in [-0.2, 0) is 9.53 Å². The molecule has 0 atom stereocenters. The molecule has 0 radical (unpaired) electrons. The molecule has 1 heterocycles. The molecule has 1 aromatic carbocycles. The van der Waals surface area contributed by atoms with Crippen molar-refractivity contribution in [3.63, 3.8) is 0 Å². The molecule has 0 unspecified atom stereocenters. The van der Waals surface area contributed by atoms with E-state index in [1.54, 1.807) is 6.26 Å². The van der Waals surface area contributed by atoms with Gasteiger partial charge in [-0.05, 0) is 17.7 Å². The minimum Gasteiger partial charge on any atom is -0.464 e. The van der Waals surface area contributed by atoms with Gasteiger partial charge in [0.15, 0.2) is 5.78 Å². The molecule has 1 aromatic rings. The van der Waals surface area contributed by atoms with E-state index in [9.17, 15) is 4.79 Å². The molecule has 0 bridgehead atoms. The third kappa shape index (κ3) is 1.22. The van der Waals surface area contributed by atoms with Gasteiger partial charge in [0.25, 0.3) is 0 Å². The molecule has 0 amide bonds. The van der Waals surface area contributed by atoms with Crippen molar-refractivity contribution in [2.45, 2.75) is 12.8 Å². The molecule has 74 valence electrons. The molecule has 0 fully saturated rings. The maximum atomic E-state index is 11.8. The van der Waals surface area contributed by atoms with Gasteiger partial charge in [0.2, 0.25) is 0 Å². The summed E-state index contributed by atoms with van der Waals surface area (Å²) in [6.07, 6.45) is 5.08. The number of fused-ring (bicyclic) bond motifs is 2. The number of rotatable bonds is 0. The summed E-state index contributed by atoms with van der Waals surface area (Å²) in [6.45, 7) is 0. The highest BCUT2D eigenvalue weighted by atomic mass is 16.5. The lowest BCUT2D eigenvalue weighted by atomic mass is 9.95. The summed E-state index contributed by atoms with van der Waals surface area (Å²) < 4.78 is 5.46. The van der Waals surface area contributed by atoms with Gasteiger partial charge in [-0.3, -0.25) is 4.79 Å². The van der Waals surface area contributed by atoms with Gasteiger partial charge < -0.3 is 4.74 Å². The van der Waals surface area contributed by atoms with E-state index in [2.05, 4.69) is 0 Å². The van der Waals surface area contributed by atoms with Gasteiger partial charge in [0, 0.05) is 11.6 Å². The van der Waals surface area contributed by atoms with Crippen LogP contribution < -0.4 is 10.4 Å². The smallest absolute Gasteiger partial charge is 0.167 e. The first-order chi connectivity index (χ1) is 7.36. The Morgan fingerprint density at radius 1 is 1.20 bits per heavy atom. The number of hydrogen-bond acceptors (Lipinski definition) is 2. The van der Waals surface area contributed by atoms with E-state index in [1.807, 2.05) is 30.3 Å². The highest BCUT2D eigenvalue weighted by molar-refractivity contribution is 6.20. The SMILES string of the molecule is O=C1CCC=C2OC=c3ccccc3=C12. The lowest BCUT2D eigenvalue weighted by Crippen LogP contribution is -2.34. The molecule has 2 aliphatic rings. The number of carbonyl (C=O) groups is 1. The number of allylic oxidation sites excluding steroid dienone is 2. The fourth-order valence-electron chi connectivity index (χ4n) is 2.04. The van der Waals surface area contributed by atoms with Crippen LogP contribution in [0, 0.1) is 0 Å². The largest absolute Gasteiger partial charge is 0.464 e. The molecule has 0 aromatic heterocycles. The van der Waals surface area contributed by atoms with Crippen LogP contribution in [-0.4, -0.2) is 5.78 Å². The maximum absolute atomic E-state index is 11.8. The molecule has 0 spiro atoms. The molecule has 1 aliphatic carbocycles. The van der Waals surface area contributed by atoms with Gasteiger partial charge in [-0.25, -0.2) is 0 Å². The Morgan fingerprint density at radius 2 is 2.07 bits per heavy atom. The monoisotopic (exact) mass is 198 g/mol. The molecular formula is C13H10O2. The first kappa shape index (κ1) is 8.48. The van der Waals surface area contributed by atoms with E-state index < -0.39 is 0 Å². The van der Waals surface area contributed by atoms with E-state index in [-0.39, 0.29) is 5.78 Å². The lowest BCUT2D eigenvalue weighted by Gasteiger charge is -2.18. The molecule has 0 N–H and O–H groups in total. The summed E-state index contributed by atoms with van der Waals surface area (Å²) in [5, 5.41) is 1.99. The molecule has 2 nitrogen and oxygen atoms in total. The molecule has 1 aliphatic heterocycles. The number of ether oxygens (including phenoxy) is 1. The Balaban J connectivity index is 2.45. The molecular weight excluding hydrogens is 188 g/mol. The van der Waals surface area contributed by atoms with E-state index in [1.165, 1.54) is 0 Å². The van der Waals surface area contributed by atoms with Crippen LogP contribution in [0.4, 0.5) is 0 Å². The third-order valence-corrected chi connectivity index (χ3v) is 2.77. The fraction of sp³-hybridized carbons (Fsp3) is 0.154. The Morgan fingerprint density at radius 3 is 3.00 bits per heavy atom. The maximum Gasteiger partial charge on any atom is 0.167 e. The summed E-state index contributed by atoms with van der Waals surface area (Å²) in [5.41, 5.74) is 0.749. The van der Waals surface area contributed by atoms with Gasteiger partial charge in [-0.2, -0.15) is 0 Å². The Hall–Kier alpha value is -1.83. The van der Waals surface area contributed by atoms with Crippen LogP contribution in [0.2, 0.25) is 0 Å². The molecule has 0 saturated heterocycles. The summed E-state index contributed by atoms with van der Waals surface area (Å²) in [5.74, 6) is 0.915. The number of ketones is 1. The summed E-state index contributed by atoms with van der Waals surface area (Å²) >= 11 is 0. The average molecular weight is 198 g/mol. The molecule has 0 saturated carbocycles. The van der Waals surface area contributed by atoms with Crippen LogP contribution in [0.15, 0.2) is 36.1 Å². The number of carbonyl (C=O) groups excluding carboxylic acids is 1. The standard InChI is InChI=1S/C13H10O2/c14-11-6-3-7-12-13(11)10-5-2-1-4-9(10)8-15-12/h1-2,4-5,7-8H,3,6H2. The van der Waals surface area contributed by atoms with Crippen molar-refractivity contribution >= 4 is 17.6 Å². The van der Waals surface area contributed by atoms with Crippen LogP contribution in [0.3, 0.4) is 0 Å². The van der Waals surface area contributed by atoms with Crippen LogP contribution in [0.25, 0.3) is 11.8 Å². The van der Waals surface area contributed by atoms with Crippen molar-refractivity contribution in [2.75, 3.05) is 0 Å². The number of Topliss-reactive ketones (excluding diaryl/α,β-unsaturated/α-hetero) is 1. The molecule has 3 rings (SSSR count). The summed E-state index contributed by atoms with van der Waals surface area (Å²) in [6, 6.07) is 7.83. The zero-order chi connectivity index (χ0) is 10.3. The Kier molecular flexibility index (Phi) is 1.75. The van der Waals surface area contributed by atoms with Crippen molar-refractivity contribution in [1.82, 2.24) is 0 Å². The first-order valence-electron chi connectivity index (χ1n) is 5.06. The fourth-order valence-corrected chi connectivity index (χ4v) is 2.04. The van der Waals surface area contributed by atoms with Crippen molar-refractivity contribution in [1.29, 1.82) is 0 Å². The van der Waals surface area contributed by atoms with Gasteiger partial charge in [0.05, 0.1) is 11.8 Å². The van der Waals surface area contributed by atoms with Crippen LogP contribution in [0.1, 0.15) is 12.8 Å². The summed E-state index contributed by atoms with van der Waals surface area (Å²) in [7, 11) is 0. The molecule has 15 heavy (non-hydrogen) atoms. The van der Waals surface area contributed by atoms with Crippen LogP contribution >= 0.6 is 0 Å². The van der Waals surface area contributed by atoms with Crippen molar-refractivity contribution in [2.24, 2.45) is 0 Å². The predicted octanol–water partition coefficient (Wildman–Crippen LogP) is 0.852. The van der Waals surface area contributed by atoms with E-state index in [0.717, 1.165) is 28.2 Å². The highest BCUT2D eigenvalue weighted by Gasteiger charge is 2.22. The average Bonchev–Trinajstić information content (AvgIpc) is 2.29. The van der Waals surface area contributed by atoms with Crippen LogP contribution in [0.5, 0.6) is 0 Å². The predicted molar refractivity (Wildman–Crippen MR) is 57.0 cm³/mol. The van der Waals surface area contributed by atoms with E-state index in [0.29, 0.717) is 6.42 Å². The summed E-state index contributed by atoms with van der Waals surface area (Å²) in [4.78, 5) is 11.8. The number of hydrogen-bond donors (Lipinski definition) is 0. The van der Waals surface area contributed by atoms with Gasteiger partial charge >= 0.3 is 0 Å². The lowest BCUT2D eigenvalue weighted by molar-refractivity contribution is -0.114. The second-order valence-electron chi connectivity index (χ2n) is 3.73. The minimum atomic E-state index is 0.188. The quantitative estimate of drug-likeness (QED) is 0.618. The zero-order valence-corrected chi connectivity index (χ0v) is 8.19. The van der Waals surface area contributed by atoms with E-state index >= 15 is 0 Å². The minimum absolute atomic E-state index is 0.188. The van der Waals surface area contributed by atoms with Gasteiger partial charge in [-0.1, -0.05) is 24.3 Å². The van der Waals surface area contributed by atoms with Crippen molar-refractivity contribution < 1.29 is 9.53 Å². The molecule has 2 heteroatoms. The van der Waals surface area contributed by atoms with Crippen molar-refractivity contribution in [3.05, 3.63) is 46.5 Å². The van der Waals surface area contributed by atoms with E-state index in [4.69, 9.17) is 4.74 Å². The Labute approximate surface area is 87.2 Å². The van der Waals surface area contributed by atoms with Crippen molar-refractivity contribution in [3.8, 4) is 0 Å². The third-order valence-electron chi connectivity index (χ3n) is 2.77.